The number of phosphoric acid groups is 1. The summed E-state index contributed by atoms with van der Waals surface area (Å²) in [5.74, 6) is 0.646. The lowest BCUT2D eigenvalue weighted by molar-refractivity contribution is 0.154. The molecule has 3 heterocycles. The summed E-state index contributed by atoms with van der Waals surface area (Å²) in [6.07, 6.45) is 2.20. The van der Waals surface area contributed by atoms with E-state index < -0.39 is 19.4 Å². The number of hydrogen-bond donors (Lipinski definition) is 4. The number of rotatable bonds is 11. The Kier molecular flexibility index (Phi) is 9.10. The molecule has 4 N–H and O–H groups in total. The summed E-state index contributed by atoms with van der Waals surface area (Å²) in [6, 6.07) is 3.20. The zero-order chi connectivity index (χ0) is 25.0. The largest absolute Gasteiger partial charge is 0.471 e. The Morgan fingerprint density at radius 2 is 2.03 bits per heavy atom. The highest BCUT2D eigenvalue weighted by atomic mass is 35.5. The molecule has 15 heteroatoms. The number of thiazole rings is 1. The molecular weight excluding hydrogens is 525 g/mol. The first kappa shape index (κ1) is 27.0. The second-order valence-corrected chi connectivity index (χ2v) is 11.8. The molecule has 0 aliphatic carbocycles. The lowest BCUT2D eigenvalue weighted by Gasteiger charge is -2.20. The number of thioether (sulfide) groups is 1. The van der Waals surface area contributed by atoms with Crippen LogP contribution in [0.1, 0.15) is 38.1 Å². The maximum absolute atomic E-state index is 12.6. The highest BCUT2D eigenvalue weighted by molar-refractivity contribution is 7.99. The molecule has 3 aromatic rings. The summed E-state index contributed by atoms with van der Waals surface area (Å²) in [4.78, 5) is 43.6. The molecule has 0 unspecified atom stereocenters. The normalized spacial score (nSPS) is 14.0. The van der Waals surface area contributed by atoms with E-state index in [1.165, 1.54) is 11.8 Å². The standard InChI is InChI=1S/C19H25ClN5O6PS2/c1-10(2)6-13(8-26)22-16-15-17(25(19(27)34-15)9-31-32(28,29)30)24-18(23-16)33-11(3)14-5-4-12(20)7-21-14/h4-5,7,10-11,13,26H,6,8-9H2,1-3H3,(H,22,23,24)(H2,28,29,30)/t11-,13+/m0/s1. The number of fused-ring (bicyclic) bond motifs is 1. The van der Waals surface area contributed by atoms with E-state index in [4.69, 9.17) is 21.4 Å². The number of hydrogen-bond acceptors (Lipinski definition) is 10. The van der Waals surface area contributed by atoms with Crippen LogP contribution in [-0.4, -0.2) is 47.1 Å². The van der Waals surface area contributed by atoms with Gasteiger partial charge in [0.05, 0.1) is 28.6 Å². The van der Waals surface area contributed by atoms with Gasteiger partial charge in [0.25, 0.3) is 0 Å². The fourth-order valence-corrected chi connectivity index (χ4v) is 5.22. The van der Waals surface area contributed by atoms with Crippen molar-refractivity contribution in [2.24, 2.45) is 5.92 Å². The fraction of sp³-hybridized carbons (Fsp3) is 0.474. The van der Waals surface area contributed by atoms with Crippen molar-refractivity contribution in [3.63, 3.8) is 0 Å². The van der Waals surface area contributed by atoms with E-state index in [9.17, 15) is 14.5 Å². The number of aromatic nitrogens is 4. The molecule has 0 aliphatic heterocycles. The summed E-state index contributed by atoms with van der Waals surface area (Å²) in [5, 5.41) is 13.7. The van der Waals surface area contributed by atoms with Crippen LogP contribution in [0.15, 0.2) is 28.3 Å². The Labute approximate surface area is 208 Å². The van der Waals surface area contributed by atoms with Gasteiger partial charge in [-0.1, -0.05) is 48.5 Å². The van der Waals surface area contributed by atoms with Gasteiger partial charge in [-0.25, -0.2) is 14.5 Å². The minimum atomic E-state index is -4.81. The minimum absolute atomic E-state index is 0.145. The first-order chi connectivity index (χ1) is 16.0. The average Bonchev–Trinajstić information content (AvgIpc) is 3.06. The molecule has 0 aliphatic rings. The van der Waals surface area contributed by atoms with Crippen molar-refractivity contribution in [3.05, 3.63) is 38.7 Å². The van der Waals surface area contributed by atoms with Crippen LogP contribution in [-0.2, 0) is 15.8 Å². The predicted molar refractivity (Wildman–Crippen MR) is 132 cm³/mol. The van der Waals surface area contributed by atoms with Gasteiger partial charge >= 0.3 is 12.7 Å². The average molecular weight is 550 g/mol. The number of aliphatic hydroxyl groups is 1. The van der Waals surface area contributed by atoms with Gasteiger partial charge in [-0.3, -0.25) is 18.9 Å². The highest BCUT2D eigenvalue weighted by Crippen LogP contribution is 2.38. The molecule has 2 atom stereocenters. The third-order valence-electron chi connectivity index (χ3n) is 4.61. The van der Waals surface area contributed by atoms with Crippen molar-refractivity contribution in [1.29, 1.82) is 0 Å². The summed E-state index contributed by atoms with van der Waals surface area (Å²) in [7, 11) is -4.81. The van der Waals surface area contributed by atoms with Gasteiger partial charge in [0, 0.05) is 6.20 Å². The molecule has 0 aromatic carbocycles. The molecule has 0 saturated carbocycles. The summed E-state index contributed by atoms with van der Waals surface area (Å²) >= 11 is 8.03. The smallest absolute Gasteiger partial charge is 0.394 e. The van der Waals surface area contributed by atoms with Gasteiger partial charge in [0.2, 0.25) is 0 Å². The van der Waals surface area contributed by atoms with Gasteiger partial charge < -0.3 is 20.2 Å². The van der Waals surface area contributed by atoms with Crippen molar-refractivity contribution in [1.82, 2.24) is 19.5 Å². The van der Waals surface area contributed by atoms with Gasteiger partial charge in [-0.15, -0.1) is 0 Å². The molecule has 0 radical (unpaired) electrons. The maximum Gasteiger partial charge on any atom is 0.471 e. The van der Waals surface area contributed by atoms with E-state index >= 15 is 0 Å². The Hall–Kier alpha value is -1.57. The first-order valence-electron chi connectivity index (χ1n) is 10.2. The van der Waals surface area contributed by atoms with E-state index in [2.05, 4.69) is 24.8 Å². The van der Waals surface area contributed by atoms with Crippen molar-refractivity contribution >= 4 is 58.7 Å². The fourth-order valence-electron chi connectivity index (χ4n) is 3.11. The van der Waals surface area contributed by atoms with Crippen molar-refractivity contribution < 1.29 is 24.0 Å². The van der Waals surface area contributed by atoms with E-state index in [1.54, 1.807) is 18.3 Å². The molecule has 0 amide bonds. The van der Waals surface area contributed by atoms with Crippen LogP contribution in [0.25, 0.3) is 10.3 Å². The summed E-state index contributed by atoms with van der Waals surface area (Å²) in [6.45, 7) is 5.14. The zero-order valence-electron chi connectivity index (χ0n) is 18.6. The van der Waals surface area contributed by atoms with E-state index in [0.29, 0.717) is 33.0 Å². The Bertz CT molecular complexity index is 1230. The Balaban J connectivity index is 2.03. The van der Waals surface area contributed by atoms with E-state index in [-0.39, 0.29) is 23.5 Å². The number of pyridine rings is 1. The molecule has 0 spiro atoms. The predicted octanol–water partition coefficient (Wildman–Crippen LogP) is 3.64. The summed E-state index contributed by atoms with van der Waals surface area (Å²) in [5.41, 5.74) is 0.911. The Morgan fingerprint density at radius 1 is 1.29 bits per heavy atom. The van der Waals surface area contributed by atoms with E-state index in [1.807, 2.05) is 20.8 Å². The molecular formula is C19H25ClN5O6PS2. The van der Waals surface area contributed by atoms with Crippen LogP contribution in [0.3, 0.4) is 0 Å². The molecule has 3 rings (SSSR count). The number of aliphatic hydroxyl groups excluding tert-OH is 1. The lowest BCUT2D eigenvalue weighted by Crippen LogP contribution is -2.26. The molecule has 0 fully saturated rings. The molecule has 0 saturated heterocycles. The highest BCUT2D eigenvalue weighted by Gasteiger charge is 2.23. The molecule has 34 heavy (non-hydrogen) atoms. The molecule has 186 valence electrons. The zero-order valence-corrected chi connectivity index (χ0v) is 21.9. The van der Waals surface area contributed by atoms with Crippen LogP contribution < -0.4 is 10.2 Å². The third kappa shape index (κ3) is 7.22. The molecule has 3 aromatic heterocycles. The van der Waals surface area contributed by atoms with Crippen LogP contribution in [0.5, 0.6) is 0 Å². The van der Waals surface area contributed by atoms with Crippen LogP contribution in [0.4, 0.5) is 5.82 Å². The minimum Gasteiger partial charge on any atom is -0.394 e. The topological polar surface area (TPSA) is 160 Å². The Morgan fingerprint density at radius 3 is 2.62 bits per heavy atom. The number of halogens is 1. The van der Waals surface area contributed by atoms with Crippen molar-refractivity contribution in [2.75, 3.05) is 11.9 Å². The maximum atomic E-state index is 12.6. The van der Waals surface area contributed by atoms with Crippen LogP contribution in [0.2, 0.25) is 5.02 Å². The number of anilines is 1. The van der Waals surface area contributed by atoms with Gasteiger partial charge in [-0.05, 0) is 31.4 Å². The van der Waals surface area contributed by atoms with Crippen molar-refractivity contribution in [3.8, 4) is 0 Å². The van der Waals surface area contributed by atoms with Crippen LogP contribution in [0, 0.1) is 5.92 Å². The monoisotopic (exact) mass is 549 g/mol. The van der Waals surface area contributed by atoms with Crippen LogP contribution >= 0.6 is 42.5 Å². The van der Waals surface area contributed by atoms with Gasteiger partial charge in [0.15, 0.2) is 16.6 Å². The second kappa shape index (κ2) is 11.4. The quantitative estimate of drug-likeness (QED) is 0.157. The van der Waals surface area contributed by atoms with E-state index in [0.717, 1.165) is 21.6 Å². The number of phosphoric ester groups is 1. The van der Waals surface area contributed by atoms with Crippen molar-refractivity contribution in [2.45, 2.75) is 50.4 Å². The SMILES string of the molecule is CC(C)C[C@H](CO)Nc1nc(S[C@@H](C)c2ccc(Cl)cn2)nc2c1sc(=O)n2COP(=O)(O)O. The van der Waals surface area contributed by atoms with Gasteiger partial charge in [-0.2, -0.15) is 0 Å². The molecule has 11 nitrogen and oxygen atoms in total. The third-order valence-corrected chi connectivity index (χ3v) is 7.25. The lowest BCUT2D eigenvalue weighted by atomic mass is 10.0. The molecule has 0 bridgehead atoms. The number of nitrogens with zero attached hydrogens (tertiary/aromatic N) is 4. The van der Waals surface area contributed by atoms with Gasteiger partial charge in [0.1, 0.15) is 11.4 Å². The number of nitrogens with one attached hydrogen (secondary N) is 1. The first-order valence-corrected chi connectivity index (χ1v) is 13.8. The summed E-state index contributed by atoms with van der Waals surface area (Å²) < 4.78 is 17.2. The second-order valence-electron chi connectivity index (χ2n) is 7.87.